The zero-order valence-corrected chi connectivity index (χ0v) is 11.4. The number of aromatic nitrogens is 2. The summed E-state index contributed by atoms with van der Waals surface area (Å²) in [6, 6.07) is 1.87. The first-order valence-corrected chi connectivity index (χ1v) is 6.96. The van der Waals surface area contributed by atoms with Gasteiger partial charge < -0.3 is 9.64 Å². The second-order valence-corrected chi connectivity index (χ2v) is 5.51. The van der Waals surface area contributed by atoms with E-state index in [0.717, 1.165) is 37.6 Å². The Bertz CT molecular complexity index is 436. The van der Waals surface area contributed by atoms with Gasteiger partial charge in [-0.15, -0.1) is 0 Å². The SMILES string of the molecule is COC1CCCN(c2cc(Cl)nc(C3CC3)n2)C1. The fraction of sp³-hybridized carbons (Fsp3) is 0.692. The average molecular weight is 268 g/mol. The first-order valence-electron chi connectivity index (χ1n) is 6.58. The molecule has 2 heterocycles. The Balaban J connectivity index is 1.81. The first kappa shape index (κ1) is 12.2. The molecule has 1 aliphatic heterocycles. The lowest BCUT2D eigenvalue weighted by molar-refractivity contribution is 0.0891. The highest BCUT2D eigenvalue weighted by atomic mass is 35.5. The second-order valence-electron chi connectivity index (χ2n) is 5.13. The van der Waals surface area contributed by atoms with E-state index < -0.39 is 0 Å². The summed E-state index contributed by atoms with van der Waals surface area (Å²) in [6.07, 6.45) is 4.96. The highest BCUT2D eigenvalue weighted by molar-refractivity contribution is 6.29. The third-order valence-corrected chi connectivity index (χ3v) is 3.87. The van der Waals surface area contributed by atoms with Crippen LogP contribution in [0, 0.1) is 0 Å². The Morgan fingerprint density at radius 3 is 2.89 bits per heavy atom. The standard InChI is InChI=1S/C13H18ClN3O/c1-18-10-3-2-6-17(8-10)12-7-11(14)15-13(16-12)9-4-5-9/h7,9-10H,2-6,8H2,1H3. The molecule has 1 saturated heterocycles. The molecule has 0 N–H and O–H groups in total. The summed E-state index contributed by atoms with van der Waals surface area (Å²) in [6.45, 7) is 1.92. The maximum atomic E-state index is 6.10. The van der Waals surface area contributed by atoms with Gasteiger partial charge in [0.05, 0.1) is 6.10 Å². The molecule has 1 atom stereocenters. The minimum Gasteiger partial charge on any atom is -0.380 e. The van der Waals surface area contributed by atoms with E-state index in [4.69, 9.17) is 16.3 Å². The number of hydrogen-bond donors (Lipinski definition) is 0. The van der Waals surface area contributed by atoms with E-state index in [9.17, 15) is 0 Å². The first-order chi connectivity index (χ1) is 8.76. The van der Waals surface area contributed by atoms with Crippen molar-refractivity contribution in [2.75, 3.05) is 25.1 Å². The lowest BCUT2D eigenvalue weighted by Crippen LogP contribution is -2.39. The van der Waals surface area contributed by atoms with Crippen LogP contribution in [-0.2, 0) is 4.74 Å². The van der Waals surface area contributed by atoms with Crippen LogP contribution < -0.4 is 4.90 Å². The number of rotatable bonds is 3. The van der Waals surface area contributed by atoms with E-state index in [1.807, 2.05) is 6.07 Å². The molecule has 2 aliphatic rings. The van der Waals surface area contributed by atoms with Gasteiger partial charge in [0.1, 0.15) is 16.8 Å². The van der Waals surface area contributed by atoms with E-state index in [1.165, 1.54) is 12.8 Å². The van der Waals surface area contributed by atoms with Crippen LogP contribution in [0.1, 0.15) is 37.4 Å². The molecule has 1 aromatic rings. The van der Waals surface area contributed by atoms with Crippen molar-refractivity contribution in [3.05, 3.63) is 17.0 Å². The molecule has 1 unspecified atom stereocenters. The van der Waals surface area contributed by atoms with Gasteiger partial charge in [0.25, 0.3) is 0 Å². The van der Waals surface area contributed by atoms with Crippen LogP contribution in [0.15, 0.2) is 6.07 Å². The summed E-state index contributed by atoms with van der Waals surface area (Å²) in [5, 5.41) is 0.557. The zero-order valence-electron chi connectivity index (χ0n) is 10.6. The van der Waals surface area contributed by atoms with Crippen molar-refractivity contribution < 1.29 is 4.74 Å². The monoisotopic (exact) mass is 267 g/mol. The topological polar surface area (TPSA) is 38.2 Å². The van der Waals surface area contributed by atoms with Crippen molar-refractivity contribution in [3.63, 3.8) is 0 Å². The molecule has 1 aromatic heterocycles. The van der Waals surface area contributed by atoms with Crippen LogP contribution in [-0.4, -0.2) is 36.3 Å². The van der Waals surface area contributed by atoms with E-state index in [1.54, 1.807) is 7.11 Å². The van der Waals surface area contributed by atoms with Gasteiger partial charge in [-0.25, -0.2) is 9.97 Å². The van der Waals surface area contributed by atoms with Gasteiger partial charge >= 0.3 is 0 Å². The van der Waals surface area contributed by atoms with Crippen molar-refractivity contribution in [1.82, 2.24) is 9.97 Å². The van der Waals surface area contributed by atoms with Crippen LogP contribution in [0.4, 0.5) is 5.82 Å². The van der Waals surface area contributed by atoms with Crippen molar-refractivity contribution in [2.24, 2.45) is 0 Å². The van der Waals surface area contributed by atoms with E-state index in [-0.39, 0.29) is 0 Å². The Kier molecular flexibility index (Phi) is 3.39. The van der Waals surface area contributed by atoms with Crippen LogP contribution in [0.25, 0.3) is 0 Å². The Labute approximate surface area is 112 Å². The Morgan fingerprint density at radius 1 is 1.33 bits per heavy atom. The van der Waals surface area contributed by atoms with Gasteiger partial charge in [0.2, 0.25) is 0 Å². The molecular weight excluding hydrogens is 250 g/mol. The molecule has 2 fully saturated rings. The normalized spacial score (nSPS) is 24.3. The summed E-state index contributed by atoms with van der Waals surface area (Å²) in [4.78, 5) is 11.3. The second kappa shape index (κ2) is 5.02. The summed E-state index contributed by atoms with van der Waals surface area (Å²) >= 11 is 6.10. The Morgan fingerprint density at radius 2 is 2.17 bits per heavy atom. The van der Waals surface area contributed by atoms with Crippen molar-refractivity contribution in [1.29, 1.82) is 0 Å². The van der Waals surface area contributed by atoms with Gasteiger partial charge in [0, 0.05) is 32.2 Å². The molecule has 0 bridgehead atoms. The maximum absolute atomic E-state index is 6.10. The number of piperidine rings is 1. The number of halogens is 1. The third kappa shape index (κ3) is 2.59. The summed E-state index contributed by atoms with van der Waals surface area (Å²) in [5.41, 5.74) is 0. The number of methoxy groups -OCH3 is 1. The molecule has 5 heteroatoms. The molecule has 98 valence electrons. The molecule has 0 amide bonds. The highest BCUT2D eigenvalue weighted by Gasteiger charge is 2.28. The highest BCUT2D eigenvalue weighted by Crippen LogP contribution is 2.39. The molecule has 4 nitrogen and oxygen atoms in total. The molecule has 0 radical (unpaired) electrons. The van der Waals surface area contributed by atoms with Gasteiger partial charge in [0.15, 0.2) is 0 Å². The predicted molar refractivity (Wildman–Crippen MR) is 71.3 cm³/mol. The lowest BCUT2D eigenvalue weighted by atomic mass is 10.1. The smallest absolute Gasteiger partial charge is 0.135 e. The molecule has 1 aliphatic carbocycles. The fourth-order valence-electron chi connectivity index (χ4n) is 2.45. The van der Waals surface area contributed by atoms with Crippen LogP contribution in [0.3, 0.4) is 0 Å². The van der Waals surface area contributed by atoms with Gasteiger partial charge in [-0.05, 0) is 25.7 Å². The average Bonchev–Trinajstić information content (AvgIpc) is 3.22. The van der Waals surface area contributed by atoms with Crippen molar-refractivity contribution in [2.45, 2.75) is 37.7 Å². The van der Waals surface area contributed by atoms with Gasteiger partial charge in [-0.2, -0.15) is 0 Å². The van der Waals surface area contributed by atoms with E-state index in [0.29, 0.717) is 17.2 Å². The maximum Gasteiger partial charge on any atom is 0.135 e. The summed E-state index contributed by atoms with van der Waals surface area (Å²) < 4.78 is 5.45. The molecule has 0 aromatic carbocycles. The lowest BCUT2D eigenvalue weighted by Gasteiger charge is -2.32. The van der Waals surface area contributed by atoms with Crippen LogP contribution >= 0.6 is 11.6 Å². The molecular formula is C13H18ClN3O. The van der Waals surface area contributed by atoms with Crippen molar-refractivity contribution in [3.8, 4) is 0 Å². The van der Waals surface area contributed by atoms with Crippen molar-refractivity contribution >= 4 is 17.4 Å². The van der Waals surface area contributed by atoms with Crippen LogP contribution in [0.2, 0.25) is 5.15 Å². The Hall–Kier alpha value is -0.870. The van der Waals surface area contributed by atoms with Gasteiger partial charge in [-0.3, -0.25) is 0 Å². The third-order valence-electron chi connectivity index (χ3n) is 3.68. The fourth-order valence-corrected chi connectivity index (χ4v) is 2.63. The molecule has 3 rings (SSSR count). The largest absolute Gasteiger partial charge is 0.380 e. The number of ether oxygens (including phenoxy) is 1. The number of hydrogen-bond acceptors (Lipinski definition) is 4. The van der Waals surface area contributed by atoms with E-state index >= 15 is 0 Å². The minimum atomic E-state index is 0.303. The molecule has 1 saturated carbocycles. The minimum absolute atomic E-state index is 0.303. The predicted octanol–water partition coefficient (Wildman–Crippen LogP) is 2.62. The summed E-state index contributed by atoms with van der Waals surface area (Å²) in [7, 11) is 1.77. The molecule has 0 spiro atoms. The van der Waals surface area contributed by atoms with Crippen LogP contribution in [0.5, 0.6) is 0 Å². The number of anilines is 1. The van der Waals surface area contributed by atoms with E-state index in [2.05, 4.69) is 14.9 Å². The molecule has 18 heavy (non-hydrogen) atoms. The zero-order chi connectivity index (χ0) is 12.5. The summed E-state index contributed by atoms with van der Waals surface area (Å²) in [5.74, 6) is 2.40. The van der Waals surface area contributed by atoms with Gasteiger partial charge in [-0.1, -0.05) is 11.6 Å². The quantitative estimate of drug-likeness (QED) is 0.789. The number of nitrogens with zero attached hydrogens (tertiary/aromatic N) is 3.